The van der Waals surface area contributed by atoms with Gasteiger partial charge in [-0.25, -0.2) is 9.18 Å². The highest BCUT2D eigenvalue weighted by atomic mass is 19.1. The van der Waals surface area contributed by atoms with Crippen molar-refractivity contribution in [2.75, 3.05) is 0 Å². The third-order valence-electron chi connectivity index (χ3n) is 4.01. The Balaban J connectivity index is 1.89. The molecule has 1 fully saturated rings. The molecule has 0 unspecified atom stereocenters. The number of esters is 1. The monoisotopic (exact) mass is 307 g/mol. The molecule has 1 aliphatic rings. The van der Waals surface area contributed by atoms with Crippen LogP contribution in [0.2, 0.25) is 0 Å². The number of amides is 1. The van der Waals surface area contributed by atoms with Gasteiger partial charge in [-0.2, -0.15) is 0 Å². The molecule has 4 nitrogen and oxygen atoms in total. The summed E-state index contributed by atoms with van der Waals surface area (Å²) in [6, 6.07) is 4.30. The summed E-state index contributed by atoms with van der Waals surface area (Å²) in [5.74, 6) is -1.45. The van der Waals surface area contributed by atoms with Gasteiger partial charge in [0, 0.05) is 6.04 Å². The van der Waals surface area contributed by atoms with Crippen molar-refractivity contribution in [1.29, 1.82) is 0 Å². The SMILES string of the molecule is Cc1ccc(C(=O)O[C@H](C)C(=O)NC2CCCCC2)cc1F. The predicted molar refractivity (Wildman–Crippen MR) is 81.0 cm³/mol. The number of hydrogen-bond donors (Lipinski definition) is 1. The number of ether oxygens (including phenoxy) is 1. The van der Waals surface area contributed by atoms with Crippen LogP contribution in [0.1, 0.15) is 54.9 Å². The molecule has 1 atom stereocenters. The van der Waals surface area contributed by atoms with Gasteiger partial charge in [-0.15, -0.1) is 0 Å². The Morgan fingerprint density at radius 2 is 1.95 bits per heavy atom. The highest BCUT2D eigenvalue weighted by Crippen LogP contribution is 2.17. The minimum Gasteiger partial charge on any atom is -0.449 e. The third-order valence-corrected chi connectivity index (χ3v) is 4.01. The molecule has 1 amide bonds. The van der Waals surface area contributed by atoms with Crippen LogP contribution in [0.25, 0.3) is 0 Å². The van der Waals surface area contributed by atoms with Crippen LogP contribution in [-0.2, 0) is 9.53 Å². The van der Waals surface area contributed by atoms with Gasteiger partial charge < -0.3 is 10.1 Å². The first-order valence-electron chi connectivity index (χ1n) is 7.75. The lowest BCUT2D eigenvalue weighted by atomic mass is 9.95. The summed E-state index contributed by atoms with van der Waals surface area (Å²) < 4.78 is 18.6. The van der Waals surface area contributed by atoms with Gasteiger partial charge in [-0.1, -0.05) is 25.3 Å². The van der Waals surface area contributed by atoms with Crippen LogP contribution in [0.3, 0.4) is 0 Å². The zero-order valence-corrected chi connectivity index (χ0v) is 13.0. The fourth-order valence-corrected chi connectivity index (χ4v) is 2.57. The van der Waals surface area contributed by atoms with Crippen LogP contribution in [0.5, 0.6) is 0 Å². The number of benzene rings is 1. The fourth-order valence-electron chi connectivity index (χ4n) is 2.57. The Kier molecular flexibility index (Phi) is 5.52. The summed E-state index contributed by atoms with van der Waals surface area (Å²) >= 11 is 0. The molecule has 0 bridgehead atoms. The van der Waals surface area contributed by atoms with E-state index < -0.39 is 17.9 Å². The van der Waals surface area contributed by atoms with Gasteiger partial charge in [-0.3, -0.25) is 4.79 Å². The molecule has 120 valence electrons. The number of carbonyl (C=O) groups is 2. The molecule has 1 aliphatic carbocycles. The van der Waals surface area contributed by atoms with E-state index in [2.05, 4.69) is 5.32 Å². The molecular formula is C17H22FNO3. The molecule has 1 N–H and O–H groups in total. The second kappa shape index (κ2) is 7.38. The van der Waals surface area contributed by atoms with Crippen LogP contribution >= 0.6 is 0 Å². The average Bonchev–Trinajstić information content (AvgIpc) is 2.50. The Hall–Kier alpha value is -1.91. The summed E-state index contributed by atoms with van der Waals surface area (Å²) in [6.07, 6.45) is 4.48. The lowest BCUT2D eigenvalue weighted by Crippen LogP contribution is -2.42. The molecular weight excluding hydrogens is 285 g/mol. The van der Waals surface area contributed by atoms with Crippen molar-refractivity contribution < 1.29 is 18.7 Å². The van der Waals surface area contributed by atoms with Crippen LogP contribution in [0.15, 0.2) is 18.2 Å². The summed E-state index contributed by atoms with van der Waals surface area (Å²) in [4.78, 5) is 24.0. The first kappa shape index (κ1) is 16.5. The van der Waals surface area contributed by atoms with Crippen molar-refractivity contribution in [1.82, 2.24) is 5.32 Å². The maximum atomic E-state index is 13.5. The normalized spacial score (nSPS) is 16.9. The van der Waals surface area contributed by atoms with Crippen molar-refractivity contribution >= 4 is 11.9 Å². The second-order valence-electron chi connectivity index (χ2n) is 5.86. The van der Waals surface area contributed by atoms with E-state index in [4.69, 9.17) is 4.74 Å². The van der Waals surface area contributed by atoms with Gasteiger partial charge in [-0.05, 0) is 44.4 Å². The number of halogens is 1. The van der Waals surface area contributed by atoms with Crippen molar-refractivity contribution in [2.24, 2.45) is 0 Å². The van der Waals surface area contributed by atoms with Gasteiger partial charge >= 0.3 is 5.97 Å². The summed E-state index contributed by atoms with van der Waals surface area (Å²) in [5, 5.41) is 2.91. The summed E-state index contributed by atoms with van der Waals surface area (Å²) in [5.41, 5.74) is 0.569. The quantitative estimate of drug-likeness (QED) is 0.870. The highest BCUT2D eigenvalue weighted by molar-refractivity contribution is 5.92. The molecule has 0 aliphatic heterocycles. The Bertz CT molecular complexity index is 553. The maximum Gasteiger partial charge on any atom is 0.339 e. The van der Waals surface area contributed by atoms with Crippen LogP contribution in [0, 0.1) is 12.7 Å². The Morgan fingerprint density at radius 3 is 2.59 bits per heavy atom. The molecule has 22 heavy (non-hydrogen) atoms. The Labute approximate surface area is 130 Å². The topological polar surface area (TPSA) is 55.4 Å². The molecule has 0 aromatic heterocycles. The van der Waals surface area contributed by atoms with Crippen molar-refractivity contribution in [3.63, 3.8) is 0 Å². The summed E-state index contributed by atoms with van der Waals surface area (Å²) in [6.45, 7) is 3.14. The van der Waals surface area contributed by atoms with Crippen molar-refractivity contribution in [3.8, 4) is 0 Å². The highest BCUT2D eigenvalue weighted by Gasteiger charge is 2.23. The average molecular weight is 307 g/mol. The molecule has 1 aromatic carbocycles. The van der Waals surface area contributed by atoms with E-state index >= 15 is 0 Å². The predicted octanol–water partition coefficient (Wildman–Crippen LogP) is 3.13. The molecule has 2 rings (SSSR count). The number of hydrogen-bond acceptors (Lipinski definition) is 3. The maximum absolute atomic E-state index is 13.5. The number of rotatable bonds is 4. The number of aryl methyl sites for hydroxylation is 1. The van der Waals surface area contributed by atoms with E-state index in [0.29, 0.717) is 5.56 Å². The minimum absolute atomic E-state index is 0.111. The van der Waals surface area contributed by atoms with Gasteiger partial charge in [0.1, 0.15) is 5.82 Å². The first-order valence-corrected chi connectivity index (χ1v) is 7.75. The number of nitrogens with one attached hydrogen (secondary N) is 1. The van der Waals surface area contributed by atoms with E-state index in [1.807, 2.05) is 0 Å². The molecule has 0 heterocycles. The summed E-state index contributed by atoms with van der Waals surface area (Å²) in [7, 11) is 0. The van der Waals surface area contributed by atoms with Crippen LogP contribution < -0.4 is 5.32 Å². The van der Waals surface area contributed by atoms with Crippen molar-refractivity contribution in [2.45, 2.75) is 58.1 Å². The Morgan fingerprint density at radius 1 is 1.27 bits per heavy atom. The van der Waals surface area contributed by atoms with E-state index in [0.717, 1.165) is 31.7 Å². The van der Waals surface area contributed by atoms with Crippen LogP contribution in [0.4, 0.5) is 4.39 Å². The van der Waals surface area contributed by atoms with Gasteiger partial charge in [0.05, 0.1) is 5.56 Å². The molecule has 5 heteroatoms. The van der Waals surface area contributed by atoms with Gasteiger partial charge in [0.15, 0.2) is 6.10 Å². The zero-order valence-electron chi connectivity index (χ0n) is 13.0. The zero-order chi connectivity index (χ0) is 16.1. The van der Waals surface area contributed by atoms with Gasteiger partial charge in [0.25, 0.3) is 5.91 Å². The van der Waals surface area contributed by atoms with Gasteiger partial charge in [0.2, 0.25) is 0 Å². The smallest absolute Gasteiger partial charge is 0.339 e. The lowest BCUT2D eigenvalue weighted by Gasteiger charge is -2.24. The minimum atomic E-state index is -0.890. The van der Waals surface area contributed by atoms with E-state index in [1.54, 1.807) is 6.92 Å². The van der Waals surface area contributed by atoms with E-state index in [1.165, 1.54) is 25.5 Å². The van der Waals surface area contributed by atoms with E-state index in [9.17, 15) is 14.0 Å². The molecule has 0 spiro atoms. The first-order chi connectivity index (χ1) is 10.5. The van der Waals surface area contributed by atoms with Crippen LogP contribution in [-0.4, -0.2) is 24.0 Å². The molecule has 1 saturated carbocycles. The largest absolute Gasteiger partial charge is 0.449 e. The third kappa shape index (κ3) is 4.29. The van der Waals surface area contributed by atoms with E-state index in [-0.39, 0.29) is 17.5 Å². The fraction of sp³-hybridized carbons (Fsp3) is 0.529. The van der Waals surface area contributed by atoms with Crippen molar-refractivity contribution in [3.05, 3.63) is 35.1 Å². The molecule has 1 aromatic rings. The number of carbonyl (C=O) groups excluding carboxylic acids is 2. The molecule has 0 saturated heterocycles. The standard InChI is InChI=1S/C17H22FNO3/c1-11-8-9-13(10-15(11)18)17(21)22-12(2)16(20)19-14-6-4-3-5-7-14/h8-10,12,14H,3-7H2,1-2H3,(H,19,20)/t12-/m1/s1. The molecule has 0 radical (unpaired) electrons. The second-order valence-corrected chi connectivity index (χ2v) is 5.86. The lowest BCUT2D eigenvalue weighted by molar-refractivity contribution is -0.130.